The van der Waals surface area contributed by atoms with E-state index >= 15 is 0 Å². The van der Waals surface area contributed by atoms with E-state index < -0.39 is 0 Å². The second kappa shape index (κ2) is 9.88. The molecule has 1 aliphatic carbocycles. The van der Waals surface area contributed by atoms with Crippen LogP contribution in [0, 0.1) is 0 Å². The lowest BCUT2D eigenvalue weighted by Gasteiger charge is -2.23. The molecule has 1 saturated heterocycles. The molecule has 0 aromatic carbocycles. The zero-order chi connectivity index (χ0) is 17.3. The second-order valence-corrected chi connectivity index (χ2v) is 7.21. The number of nitrogens with zero attached hydrogens (tertiary/aromatic N) is 3. The summed E-state index contributed by atoms with van der Waals surface area (Å²) >= 11 is 0. The fourth-order valence-electron chi connectivity index (χ4n) is 3.83. The Morgan fingerprint density at radius 1 is 1.00 bits per heavy atom. The molecule has 1 saturated carbocycles. The van der Waals surface area contributed by atoms with Crippen molar-refractivity contribution in [2.45, 2.75) is 51.0 Å². The van der Waals surface area contributed by atoms with E-state index in [4.69, 9.17) is 4.74 Å². The monoisotopic (exact) mass is 345 g/mol. The summed E-state index contributed by atoms with van der Waals surface area (Å²) in [6, 6.07) is 3.59. The molecular weight excluding hydrogens is 314 g/mol. The molecule has 0 spiro atoms. The van der Waals surface area contributed by atoms with Crippen molar-refractivity contribution in [2.75, 3.05) is 39.3 Å². The molecule has 5 nitrogen and oxygen atoms in total. The van der Waals surface area contributed by atoms with Crippen LogP contribution >= 0.6 is 0 Å². The quantitative estimate of drug-likeness (QED) is 0.770. The maximum atomic E-state index is 12.6. The highest BCUT2D eigenvalue weighted by Crippen LogP contribution is 2.19. The molecule has 3 rings (SSSR count). The Labute approximate surface area is 151 Å². The van der Waals surface area contributed by atoms with Gasteiger partial charge in [-0.3, -0.25) is 14.7 Å². The van der Waals surface area contributed by atoms with Crippen LogP contribution in [0.3, 0.4) is 0 Å². The van der Waals surface area contributed by atoms with Crippen molar-refractivity contribution in [1.82, 2.24) is 14.8 Å². The largest absolute Gasteiger partial charge is 0.377 e. The van der Waals surface area contributed by atoms with Crippen LogP contribution in [0.2, 0.25) is 0 Å². The van der Waals surface area contributed by atoms with E-state index in [9.17, 15) is 4.79 Å². The van der Waals surface area contributed by atoms with Crippen molar-refractivity contribution in [3.05, 3.63) is 30.1 Å². The number of rotatable bonds is 5. The summed E-state index contributed by atoms with van der Waals surface area (Å²) in [5.41, 5.74) is 0.736. The van der Waals surface area contributed by atoms with Gasteiger partial charge >= 0.3 is 0 Å². The number of hydrogen-bond donors (Lipinski definition) is 0. The number of carbonyl (C=O) groups excluding carboxylic acids is 1. The van der Waals surface area contributed by atoms with Gasteiger partial charge in [-0.1, -0.05) is 25.7 Å². The Morgan fingerprint density at radius 3 is 2.52 bits per heavy atom. The zero-order valence-electron chi connectivity index (χ0n) is 15.2. The van der Waals surface area contributed by atoms with Gasteiger partial charge in [-0.25, -0.2) is 0 Å². The van der Waals surface area contributed by atoms with Crippen molar-refractivity contribution in [2.24, 2.45) is 0 Å². The Kier molecular flexibility index (Phi) is 7.24. The van der Waals surface area contributed by atoms with Gasteiger partial charge in [-0.15, -0.1) is 0 Å². The molecule has 25 heavy (non-hydrogen) atoms. The topological polar surface area (TPSA) is 45.7 Å². The summed E-state index contributed by atoms with van der Waals surface area (Å²) in [5, 5.41) is 0. The number of amides is 1. The first-order chi connectivity index (χ1) is 12.3. The summed E-state index contributed by atoms with van der Waals surface area (Å²) in [6.45, 7) is 5.42. The smallest absolute Gasteiger partial charge is 0.254 e. The van der Waals surface area contributed by atoms with E-state index in [2.05, 4.69) is 9.88 Å². The molecule has 1 aromatic heterocycles. The third-order valence-corrected chi connectivity index (χ3v) is 5.37. The van der Waals surface area contributed by atoms with Crippen LogP contribution in [0.1, 0.15) is 55.3 Å². The lowest BCUT2D eigenvalue weighted by Crippen LogP contribution is -2.36. The third kappa shape index (κ3) is 5.79. The van der Waals surface area contributed by atoms with Crippen LogP contribution in [-0.2, 0) is 4.74 Å². The summed E-state index contributed by atoms with van der Waals surface area (Å²) in [7, 11) is 0. The molecule has 2 heterocycles. The molecule has 0 radical (unpaired) electrons. The summed E-state index contributed by atoms with van der Waals surface area (Å²) in [6.07, 6.45) is 12.7. The Bertz CT molecular complexity index is 515. The van der Waals surface area contributed by atoms with Gasteiger partial charge in [0.15, 0.2) is 0 Å². The van der Waals surface area contributed by atoms with Gasteiger partial charge in [0.05, 0.1) is 12.7 Å². The molecule has 0 N–H and O–H groups in total. The van der Waals surface area contributed by atoms with Gasteiger partial charge in [0.25, 0.3) is 5.91 Å². The van der Waals surface area contributed by atoms with Crippen LogP contribution in [-0.4, -0.2) is 66.1 Å². The Hall–Kier alpha value is -1.46. The van der Waals surface area contributed by atoms with Crippen molar-refractivity contribution in [3.63, 3.8) is 0 Å². The number of carbonyl (C=O) groups is 1. The van der Waals surface area contributed by atoms with E-state index in [0.717, 1.165) is 51.3 Å². The van der Waals surface area contributed by atoms with Crippen LogP contribution < -0.4 is 0 Å². The molecule has 1 amide bonds. The highest BCUT2D eigenvalue weighted by atomic mass is 16.5. The van der Waals surface area contributed by atoms with Gasteiger partial charge in [0.2, 0.25) is 0 Å². The van der Waals surface area contributed by atoms with Gasteiger partial charge in [0.1, 0.15) is 0 Å². The van der Waals surface area contributed by atoms with E-state index in [1.165, 1.54) is 38.5 Å². The van der Waals surface area contributed by atoms with E-state index in [1.54, 1.807) is 24.5 Å². The Morgan fingerprint density at radius 2 is 1.76 bits per heavy atom. The summed E-state index contributed by atoms with van der Waals surface area (Å²) < 4.78 is 6.12. The highest BCUT2D eigenvalue weighted by molar-refractivity contribution is 5.94. The minimum absolute atomic E-state index is 0.124. The Balaban J connectivity index is 1.40. The predicted molar refractivity (Wildman–Crippen MR) is 98.6 cm³/mol. The summed E-state index contributed by atoms with van der Waals surface area (Å²) in [5.74, 6) is 0.124. The van der Waals surface area contributed by atoms with Crippen LogP contribution in [0.15, 0.2) is 24.5 Å². The maximum absolute atomic E-state index is 12.6. The molecule has 1 aliphatic heterocycles. The minimum atomic E-state index is 0.124. The lowest BCUT2D eigenvalue weighted by molar-refractivity contribution is 0.0294. The van der Waals surface area contributed by atoms with E-state index in [-0.39, 0.29) is 5.91 Å². The normalized spacial score (nSPS) is 20.9. The number of ether oxygens (including phenoxy) is 1. The SMILES string of the molecule is O=C(c1ccncc1)N1CCCN(CCOC2CCCCCC2)CC1. The average Bonchev–Trinajstić information content (AvgIpc) is 3.05. The molecule has 2 fully saturated rings. The van der Waals surface area contributed by atoms with Crippen molar-refractivity contribution in [3.8, 4) is 0 Å². The predicted octanol–water partition coefficient (Wildman–Crippen LogP) is 2.97. The van der Waals surface area contributed by atoms with E-state index in [0.29, 0.717) is 6.10 Å². The molecular formula is C20H31N3O2. The molecule has 5 heteroatoms. The second-order valence-electron chi connectivity index (χ2n) is 7.21. The average molecular weight is 345 g/mol. The maximum Gasteiger partial charge on any atom is 0.254 e. The third-order valence-electron chi connectivity index (χ3n) is 5.37. The molecule has 0 atom stereocenters. The van der Waals surface area contributed by atoms with Gasteiger partial charge in [-0.05, 0) is 37.9 Å². The zero-order valence-corrected chi connectivity index (χ0v) is 15.2. The van der Waals surface area contributed by atoms with Crippen molar-refractivity contribution >= 4 is 5.91 Å². The van der Waals surface area contributed by atoms with E-state index in [1.807, 2.05) is 4.90 Å². The summed E-state index contributed by atoms with van der Waals surface area (Å²) in [4.78, 5) is 21.0. The fraction of sp³-hybridized carbons (Fsp3) is 0.700. The van der Waals surface area contributed by atoms with Gasteiger partial charge in [-0.2, -0.15) is 0 Å². The standard InChI is InChI=1S/C20H31N3O2/c24-20(18-8-10-21-11-9-18)23-13-5-12-22(14-15-23)16-17-25-19-6-3-1-2-4-7-19/h8-11,19H,1-7,12-17H2. The van der Waals surface area contributed by atoms with Crippen LogP contribution in [0.4, 0.5) is 0 Å². The number of aromatic nitrogens is 1. The van der Waals surface area contributed by atoms with Crippen LogP contribution in [0.5, 0.6) is 0 Å². The first kappa shape index (κ1) is 18.3. The van der Waals surface area contributed by atoms with Crippen molar-refractivity contribution < 1.29 is 9.53 Å². The van der Waals surface area contributed by atoms with Gasteiger partial charge in [0, 0.05) is 44.1 Å². The molecule has 1 aromatic rings. The lowest BCUT2D eigenvalue weighted by atomic mass is 10.1. The molecule has 0 bridgehead atoms. The first-order valence-electron chi connectivity index (χ1n) is 9.86. The van der Waals surface area contributed by atoms with Crippen molar-refractivity contribution in [1.29, 1.82) is 0 Å². The number of hydrogen-bond acceptors (Lipinski definition) is 4. The first-order valence-corrected chi connectivity index (χ1v) is 9.86. The highest BCUT2D eigenvalue weighted by Gasteiger charge is 2.20. The minimum Gasteiger partial charge on any atom is -0.377 e. The van der Waals surface area contributed by atoms with Crippen LogP contribution in [0.25, 0.3) is 0 Å². The molecule has 0 unspecified atom stereocenters. The molecule has 138 valence electrons. The molecule has 2 aliphatic rings. The number of pyridine rings is 1. The van der Waals surface area contributed by atoms with Gasteiger partial charge < -0.3 is 9.64 Å². The fourth-order valence-corrected chi connectivity index (χ4v) is 3.83.